The Morgan fingerprint density at radius 2 is 1.68 bits per heavy atom. The van der Waals surface area contributed by atoms with Crippen molar-refractivity contribution in [3.05, 3.63) is 70.9 Å². The first-order valence-electron chi connectivity index (χ1n) is 12.5. The summed E-state index contributed by atoms with van der Waals surface area (Å²) in [6.45, 7) is 0.728. The molecule has 9 nitrogen and oxygen atoms in total. The number of aryl methyl sites for hydroxylation is 1. The lowest BCUT2D eigenvalue weighted by molar-refractivity contribution is -0.667. The first-order valence-corrected chi connectivity index (χ1v) is 17.3. The van der Waals surface area contributed by atoms with E-state index in [1.54, 1.807) is 29.4 Å². The van der Waals surface area contributed by atoms with Gasteiger partial charge in [0.15, 0.2) is 6.54 Å². The minimum atomic E-state index is -4.11. The highest BCUT2D eigenvalue weighted by atomic mass is 32.2. The lowest BCUT2D eigenvalue weighted by Crippen LogP contribution is -2.36. The summed E-state index contributed by atoms with van der Waals surface area (Å²) in [5, 5.41) is 4.77. The van der Waals surface area contributed by atoms with Crippen LogP contribution >= 0.6 is 23.1 Å². The average molecular weight is 618 g/mol. The molecule has 5 aromatic rings. The van der Waals surface area contributed by atoms with Crippen molar-refractivity contribution in [3.63, 3.8) is 0 Å². The van der Waals surface area contributed by atoms with Crippen LogP contribution in [0.2, 0.25) is 0 Å². The molecule has 0 amide bonds. The van der Waals surface area contributed by atoms with Crippen LogP contribution in [-0.4, -0.2) is 44.0 Å². The van der Waals surface area contributed by atoms with Gasteiger partial charge in [0.1, 0.15) is 10.3 Å². The van der Waals surface area contributed by atoms with Crippen molar-refractivity contribution in [2.24, 2.45) is 0 Å². The number of hydrogen-bond donors (Lipinski definition) is 2. The largest absolute Gasteiger partial charge is 0.464 e. The number of furan rings is 1. The Labute approximate surface area is 239 Å². The van der Waals surface area contributed by atoms with Gasteiger partial charge < -0.3 is 9.32 Å². The summed E-state index contributed by atoms with van der Waals surface area (Å²) < 4.78 is 73.2. The van der Waals surface area contributed by atoms with Crippen molar-refractivity contribution in [1.29, 1.82) is 0 Å². The van der Waals surface area contributed by atoms with Gasteiger partial charge in [-0.25, -0.2) is 0 Å². The summed E-state index contributed by atoms with van der Waals surface area (Å²) >= 11 is 3.13. The second-order valence-electron chi connectivity index (χ2n) is 9.49. The minimum Gasteiger partial charge on any atom is -0.464 e. The van der Waals surface area contributed by atoms with E-state index in [2.05, 4.69) is 17.0 Å². The maximum Gasteiger partial charge on any atom is 0.265 e. The van der Waals surface area contributed by atoms with E-state index in [-0.39, 0.29) is 24.3 Å². The fourth-order valence-corrected chi connectivity index (χ4v) is 8.44. The zero-order chi connectivity index (χ0) is 28.1. The van der Waals surface area contributed by atoms with Crippen LogP contribution in [-0.2, 0) is 26.8 Å². The summed E-state index contributed by atoms with van der Waals surface area (Å²) in [6.07, 6.45) is 4.11. The SMILES string of the molecule is O=S(=O)(O)CCCN1/C(=C/c2sc3ccc4occc4c3[n+]2CCCS(=O)(=O)O)Sc2ccc3ccccc3c21. The topological polar surface area (TPSA) is 129 Å². The molecule has 2 N–H and O–H groups in total. The third-order valence-corrected chi connectivity index (χ3v) is 10.6. The third kappa shape index (κ3) is 5.49. The zero-order valence-electron chi connectivity index (χ0n) is 21.1. The molecule has 40 heavy (non-hydrogen) atoms. The summed E-state index contributed by atoms with van der Waals surface area (Å²) in [7, 11) is -8.22. The maximum absolute atomic E-state index is 11.5. The quantitative estimate of drug-likeness (QED) is 0.161. The van der Waals surface area contributed by atoms with Crippen LogP contribution < -0.4 is 9.47 Å². The van der Waals surface area contributed by atoms with Gasteiger partial charge in [-0.2, -0.15) is 21.4 Å². The number of rotatable bonds is 9. The molecule has 0 atom stereocenters. The Bertz CT molecular complexity index is 2010. The van der Waals surface area contributed by atoms with E-state index in [1.165, 1.54) is 0 Å². The van der Waals surface area contributed by atoms with Crippen molar-refractivity contribution < 1.29 is 34.9 Å². The summed E-state index contributed by atoms with van der Waals surface area (Å²) in [5.41, 5.74) is 2.62. The first-order chi connectivity index (χ1) is 19.1. The number of anilines is 1. The molecule has 0 saturated heterocycles. The van der Waals surface area contributed by atoms with Gasteiger partial charge >= 0.3 is 0 Å². The van der Waals surface area contributed by atoms with Crippen LogP contribution in [0.5, 0.6) is 0 Å². The van der Waals surface area contributed by atoms with E-state index in [4.69, 9.17) is 4.42 Å². The molecule has 6 rings (SSSR count). The van der Waals surface area contributed by atoms with Crippen LogP contribution in [0.4, 0.5) is 5.69 Å². The van der Waals surface area contributed by atoms with Gasteiger partial charge in [0, 0.05) is 23.2 Å². The molecule has 1 aliphatic rings. The molecule has 0 fully saturated rings. The Morgan fingerprint density at radius 3 is 2.48 bits per heavy atom. The Morgan fingerprint density at radius 1 is 0.900 bits per heavy atom. The molecule has 0 radical (unpaired) electrons. The highest BCUT2D eigenvalue weighted by Crippen LogP contribution is 2.50. The van der Waals surface area contributed by atoms with Gasteiger partial charge in [-0.3, -0.25) is 9.11 Å². The molecule has 2 aromatic heterocycles. The summed E-state index contributed by atoms with van der Waals surface area (Å²) in [5.74, 6) is -0.707. The van der Waals surface area contributed by atoms with Crippen LogP contribution in [0, 0.1) is 0 Å². The summed E-state index contributed by atoms with van der Waals surface area (Å²) in [6, 6.07) is 17.9. The predicted molar refractivity (Wildman–Crippen MR) is 159 cm³/mol. The highest BCUT2D eigenvalue weighted by molar-refractivity contribution is 8.04. The zero-order valence-corrected chi connectivity index (χ0v) is 24.3. The van der Waals surface area contributed by atoms with Crippen LogP contribution in [0.3, 0.4) is 0 Å². The van der Waals surface area contributed by atoms with Crippen molar-refractivity contribution >= 4 is 87.1 Å². The van der Waals surface area contributed by atoms with Crippen molar-refractivity contribution in [1.82, 2.24) is 0 Å². The smallest absolute Gasteiger partial charge is 0.265 e. The number of fused-ring (bicyclic) bond motifs is 6. The molecular formula is C27H25N2O7S4+. The standard InChI is InChI=1S/C27H24N2O7S4/c30-39(31,32)15-3-12-28-24(37-22-9-7-18-5-1-2-6-19(18)26(22)28)17-25-29(13-4-16-40(33,34)35)27-20-11-14-36-21(20)8-10-23(27)38-25/h1-2,5-11,14,17H,3-4,12-13,15-16H2,(H-,30,31,32,33,34,35)/p+1. The maximum atomic E-state index is 11.5. The molecule has 13 heteroatoms. The number of thiazole rings is 1. The molecule has 0 bridgehead atoms. The molecule has 0 saturated carbocycles. The van der Waals surface area contributed by atoms with Gasteiger partial charge in [-0.1, -0.05) is 53.4 Å². The van der Waals surface area contributed by atoms with E-state index in [1.807, 2.05) is 53.1 Å². The van der Waals surface area contributed by atoms with E-state index in [0.717, 1.165) is 47.0 Å². The highest BCUT2D eigenvalue weighted by Gasteiger charge is 2.30. The Kier molecular flexibility index (Phi) is 7.13. The Balaban J connectivity index is 1.47. The van der Waals surface area contributed by atoms with E-state index < -0.39 is 20.2 Å². The number of nitrogens with zero attached hydrogens (tertiary/aromatic N) is 2. The molecule has 3 aromatic carbocycles. The monoisotopic (exact) mass is 617 g/mol. The number of benzene rings is 3. The molecular weight excluding hydrogens is 593 g/mol. The van der Waals surface area contributed by atoms with Crippen molar-refractivity contribution in [2.45, 2.75) is 24.3 Å². The lowest BCUT2D eigenvalue weighted by atomic mass is 10.1. The van der Waals surface area contributed by atoms with Gasteiger partial charge in [-0.05, 0) is 36.1 Å². The molecule has 1 aliphatic heterocycles. The van der Waals surface area contributed by atoms with E-state index in [9.17, 15) is 25.9 Å². The number of hydrogen-bond acceptors (Lipinski definition) is 8. The van der Waals surface area contributed by atoms with Gasteiger partial charge in [-0.15, -0.1) is 0 Å². The molecule has 0 unspecified atom stereocenters. The predicted octanol–water partition coefficient (Wildman–Crippen LogP) is 5.55. The minimum absolute atomic E-state index is 0.218. The fourth-order valence-electron chi connectivity index (χ4n) is 5.10. The van der Waals surface area contributed by atoms with Gasteiger partial charge in [0.25, 0.3) is 25.2 Å². The first kappa shape index (κ1) is 27.2. The third-order valence-electron chi connectivity index (χ3n) is 6.75. The van der Waals surface area contributed by atoms with Crippen LogP contribution in [0.15, 0.2) is 75.2 Å². The molecule has 0 spiro atoms. The molecule has 3 heterocycles. The molecule has 0 aliphatic carbocycles. The number of aromatic nitrogens is 1. The number of thioether (sulfide) groups is 1. The second kappa shape index (κ2) is 10.5. The van der Waals surface area contributed by atoms with Crippen molar-refractivity contribution in [3.8, 4) is 0 Å². The van der Waals surface area contributed by atoms with Crippen LogP contribution in [0.25, 0.3) is 38.0 Å². The second-order valence-corrected chi connectivity index (χ2v) is 14.8. The van der Waals surface area contributed by atoms with Crippen LogP contribution in [0.1, 0.15) is 17.8 Å². The van der Waals surface area contributed by atoms with E-state index >= 15 is 0 Å². The van der Waals surface area contributed by atoms with E-state index in [0.29, 0.717) is 18.7 Å². The van der Waals surface area contributed by atoms with Gasteiger partial charge in [0.2, 0.25) is 5.52 Å². The van der Waals surface area contributed by atoms with Gasteiger partial charge in [0.05, 0.1) is 39.9 Å². The Hall–Kier alpha value is -2.94. The lowest BCUT2D eigenvalue weighted by Gasteiger charge is -2.21. The summed E-state index contributed by atoms with van der Waals surface area (Å²) in [4.78, 5) is 3.13. The normalized spacial score (nSPS) is 15.2. The van der Waals surface area contributed by atoms with Crippen molar-refractivity contribution in [2.75, 3.05) is 23.0 Å². The average Bonchev–Trinajstić information content (AvgIpc) is 3.58. The molecule has 208 valence electrons. The fraction of sp³-hybridized carbons (Fsp3) is 0.222.